The molecule has 0 radical (unpaired) electrons. The van der Waals surface area contributed by atoms with Gasteiger partial charge in [0, 0.05) is 5.69 Å². The molecule has 0 spiro atoms. The van der Waals surface area contributed by atoms with Crippen LogP contribution in [0.15, 0.2) is 41.0 Å². The van der Waals surface area contributed by atoms with E-state index in [0.717, 1.165) is 0 Å². The maximum absolute atomic E-state index is 11.7. The number of amidine groups is 1. The zero-order chi connectivity index (χ0) is 16.0. The summed E-state index contributed by atoms with van der Waals surface area (Å²) >= 11 is 0. The Morgan fingerprint density at radius 2 is 2.00 bits per heavy atom. The molecule has 5 N–H and O–H groups in total. The number of nitrogens with two attached hydrogens (primary N) is 2. The van der Waals surface area contributed by atoms with Gasteiger partial charge in [-0.3, -0.25) is 5.32 Å². The molecule has 6 nitrogen and oxygen atoms in total. The van der Waals surface area contributed by atoms with Crippen LogP contribution in [0.3, 0.4) is 0 Å². The largest absolute Gasteiger partial charge is 0.444 e. The van der Waals surface area contributed by atoms with Crippen molar-refractivity contribution in [1.29, 1.82) is 0 Å². The molecule has 1 amide bonds. The monoisotopic (exact) mass is 290 g/mol. The summed E-state index contributed by atoms with van der Waals surface area (Å²) in [5.74, 6) is 0.229. The molecular formula is C15H22N4O2. The molecule has 0 unspecified atom stereocenters. The zero-order valence-corrected chi connectivity index (χ0v) is 12.8. The first kappa shape index (κ1) is 16.6. The third-order valence-electron chi connectivity index (χ3n) is 2.35. The molecule has 0 saturated heterocycles. The molecule has 114 valence electrons. The molecule has 0 heterocycles. The van der Waals surface area contributed by atoms with E-state index in [1.807, 2.05) is 0 Å². The summed E-state index contributed by atoms with van der Waals surface area (Å²) in [6.45, 7) is 7.17. The summed E-state index contributed by atoms with van der Waals surface area (Å²) in [7, 11) is 0. The predicted octanol–water partition coefficient (Wildman–Crippen LogP) is 2.88. The van der Waals surface area contributed by atoms with Crippen molar-refractivity contribution in [2.24, 2.45) is 16.5 Å². The average molecular weight is 290 g/mol. The molecule has 0 aliphatic carbocycles. The average Bonchev–Trinajstić information content (AvgIpc) is 2.35. The summed E-state index contributed by atoms with van der Waals surface area (Å²) in [4.78, 5) is 15.9. The number of allylic oxidation sites excluding steroid dienone is 1. The van der Waals surface area contributed by atoms with Crippen LogP contribution in [-0.4, -0.2) is 17.5 Å². The number of anilines is 1. The normalized spacial score (nSPS) is 13.0. The molecule has 0 fully saturated rings. The molecular weight excluding hydrogens is 268 g/mol. The number of hydrogen-bond donors (Lipinski definition) is 3. The van der Waals surface area contributed by atoms with E-state index >= 15 is 0 Å². The highest BCUT2D eigenvalue weighted by Gasteiger charge is 2.16. The van der Waals surface area contributed by atoms with E-state index < -0.39 is 11.7 Å². The van der Waals surface area contributed by atoms with E-state index in [1.165, 1.54) is 0 Å². The van der Waals surface area contributed by atoms with Gasteiger partial charge in [-0.1, -0.05) is 12.1 Å². The highest BCUT2D eigenvalue weighted by Crippen LogP contribution is 2.19. The molecule has 21 heavy (non-hydrogen) atoms. The fraction of sp³-hybridized carbons (Fsp3) is 0.333. The minimum absolute atomic E-state index is 0.229. The number of amides is 1. The topological polar surface area (TPSA) is 103 Å². The van der Waals surface area contributed by atoms with Crippen molar-refractivity contribution >= 4 is 23.3 Å². The number of carbonyl (C=O) groups excluding carboxylic acids is 1. The van der Waals surface area contributed by atoms with Gasteiger partial charge in [0.1, 0.15) is 11.4 Å². The van der Waals surface area contributed by atoms with Crippen LogP contribution in [0.2, 0.25) is 0 Å². The summed E-state index contributed by atoms with van der Waals surface area (Å²) in [5, 5.41) is 2.64. The number of nitrogens with zero attached hydrogens (tertiary/aromatic N) is 1. The number of rotatable bonds is 3. The van der Waals surface area contributed by atoms with E-state index in [1.54, 1.807) is 58.0 Å². The Labute approximate surface area is 124 Å². The van der Waals surface area contributed by atoms with Gasteiger partial charge < -0.3 is 16.2 Å². The quantitative estimate of drug-likeness (QED) is 0.588. The summed E-state index contributed by atoms with van der Waals surface area (Å²) in [6, 6.07) is 6.93. The minimum Gasteiger partial charge on any atom is -0.444 e. The Balaban J connectivity index is 2.85. The molecule has 6 heteroatoms. The predicted molar refractivity (Wildman–Crippen MR) is 85.5 cm³/mol. The van der Waals surface area contributed by atoms with Gasteiger partial charge in [-0.25, -0.2) is 9.79 Å². The second-order valence-electron chi connectivity index (χ2n) is 5.42. The lowest BCUT2D eigenvalue weighted by Crippen LogP contribution is -2.27. The number of ether oxygens (including phenoxy) is 1. The summed E-state index contributed by atoms with van der Waals surface area (Å²) in [6.07, 6.45) is 1.14. The number of nitrogens with one attached hydrogen (secondary N) is 1. The van der Waals surface area contributed by atoms with Crippen molar-refractivity contribution in [2.45, 2.75) is 33.3 Å². The van der Waals surface area contributed by atoms with Gasteiger partial charge in [0.15, 0.2) is 0 Å². The second-order valence-corrected chi connectivity index (χ2v) is 5.42. The summed E-state index contributed by atoms with van der Waals surface area (Å²) < 4.78 is 5.18. The van der Waals surface area contributed by atoms with Crippen molar-refractivity contribution in [3.8, 4) is 0 Å². The molecule has 0 atom stereocenters. The van der Waals surface area contributed by atoms with E-state index in [9.17, 15) is 4.79 Å². The van der Waals surface area contributed by atoms with Gasteiger partial charge in [0.25, 0.3) is 0 Å². The molecule has 1 aromatic carbocycles. The molecule has 1 aromatic rings. The number of carbonyl (C=O) groups is 1. The van der Waals surface area contributed by atoms with E-state index in [-0.39, 0.29) is 5.84 Å². The van der Waals surface area contributed by atoms with E-state index in [2.05, 4.69) is 10.3 Å². The Bertz CT molecular complexity index is 571. The van der Waals surface area contributed by atoms with Crippen LogP contribution < -0.4 is 16.8 Å². The first-order valence-electron chi connectivity index (χ1n) is 6.57. The van der Waals surface area contributed by atoms with Crippen molar-refractivity contribution in [2.75, 3.05) is 5.32 Å². The van der Waals surface area contributed by atoms with Crippen molar-refractivity contribution in [3.05, 3.63) is 36.0 Å². The lowest BCUT2D eigenvalue weighted by molar-refractivity contribution is 0.0636. The van der Waals surface area contributed by atoms with Gasteiger partial charge in [-0.15, -0.1) is 0 Å². The molecule has 0 aromatic heterocycles. The lowest BCUT2D eigenvalue weighted by Gasteiger charge is -2.19. The first-order chi connectivity index (χ1) is 9.71. The van der Waals surface area contributed by atoms with Crippen LogP contribution in [0.1, 0.15) is 27.7 Å². The molecule has 0 aliphatic rings. The van der Waals surface area contributed by atoms with Crippen LogP contribution in [-0.2, 0) is 4.74 Å². The maximum atomic E-state index is 11.7. The number of hydrogen-bond acceptors (Lipinski definition) is 4. The zero-order valence-electron chi connectivity index (χ0n) is 12.8. The number of aliphatic imine (C=N–C) groups is 1. The van der Waals surface area contributed by atoms with Crippen LogP contribution in [0, 0.1) is 0 Å². The van der Waals surface area contributed by atoms with Gasteiger partial charge in [-0.05, 0) is 45.9 Å². The maximum Gasteiger partial charge on any atom is 0.412 e. The smallest absolute Gasteiger partial charge is 0.412 e. The molecule has 0 aliphatic heterocycles. The van der Waals surface area contributed by atoms with Crippen molar-refractivity contribution in [3.63, 3.8) is 0 Å². The highest BCUT2D eigenvalue weighted by atomic mass is 16.6. The first-order valence-corrected chi connectivity index (χ1v) is 6.57. The Hall–Kier alpha value is -2.50. The SMILES string of the molecule is C/C=C(/N)C(N)=Nc1cccc(NC(=O)OC(C)(C)C)c1. The van der Waals surface area contributed by atoms with Crippen LogP contribution in [0.5, 0.6) is 0 Å². The van der Waals surface area contributed by atoms with Gasteiger partial charge in [-0.2, -0.15) is 0 Å². The van der Waals surface area contributed by atoms with Crippen molar-refractivity contribution < 1.29 is 9.53 Å². The number of benzene rings is 1. The third kappa shape index (κ3) is 5.99. The van der Waals surface area contributed by atoms with Crippen LogP contribution in [0.4, 0.5) is 16.2 Å². The Kier molecular flexibility index (Phi) is 5.35. The standard InChI is InChI=1S/C15H22N4O2/c1-5-12(16)13(17)18-10-7-6-8-11(9-10)19-14(20)21-15(2,3)4/h5-9H,16H2,1-4H3,(H2,17,18)(H,19,20)/b12-5+. The lowest BCUT2D eigenvalue weighted by atomic mass is 10.2. The van der Waals surface area contributed by atoms with Gasteiger partial charge >= 0.3 is 6.09 Å². The van der Waals surface area contributed by atoms with Crippen molar-refractivity contribution in [1.82, 2.24) is 0 Å². The fourth-order valence-electron chi connectivity index (χ4n) is 1.43. The van der Waals surface area contributed by atoms with Gasteiger partial charge in [0.2, 0.25) is 0 Å². The third-order valence-corrected chi connectivity index (χ3v) is 2.35. The summed E-state index contributed by atoms with van der Waals surface area (Å²) in [5.41, 5.74) is 12.4. The minimum atomic E-state index is -0.551. The molecule has 1 rings (SSSR count). The van der Waals surface area contributed by atoms with E-state index in [4.69, 9.17) is 16.2 Å². The molecule has 0 bridgehead atoms. The second kappa shape index (κ2) is 6.78. The fourth-order valence-corrected chi connectivity index (χ4v) is 1.43. The van der Waals surface area contributed by atoms with Crippen LogP contribution in [0.25, 0.3) is 0 Å². The van der Waals surface area contributed by atoms with Gasteiger partial charge in [0.05, 0.1) is 11.4 Å². The van der Waals surface area contributed by atoms with Crippen LogP contribution >= 0.6 is 0 Å². The molecule has 0 saturated carbocycles. The Morgan fingerprint density at radius 3 is 2.57 bits per heavy atom. The highest BCUT2D eigenvalue weighted by molar-refractivity contribution is 5.97. The Morgan fingerprint density at radius 1 is 1.33 bits per heavy atom. The van der Waals surface area contributed by atoms with E-state index in [0.29, 0.717) is 17.1 Å².